The molecule has 0 bridgehead atoms. The van der Waals surface area contributed by atoms with Crippen LogP contribution >= 0.6 is 0 Å². The molecule has 1 rings (SSSR count). The maximum atomic E-state index is 11.3. The standard InChI is InChI=1S/C8H14OS/c1-4-7-5-6-10(9)8(7,2)3/h5H,4,6H2,1-3H3. The molecule has 1 aliphatic heterocycles. The Morgan fingerprint density at radius 1 is 1.70 bits per heavy atom. The summed E-state index contributed by atoms with van der Waals surface area (Å²) in [5.74, 6) is 0.760. The topological polar surface area (TPSA) is 17.1 Å². The van der Waals surface area contributed by atoms with Gasteiger partial charge in [-0.05, 0) is 20.3 Å². The van der Waals surface area contributed by atoms with Crippen LogP contribution in [0.25, 0.3) is 0 Å². The van der Waals surface area contributed by atoms with Gasteiger partial charge < -0.3 is 0 Å². The van der Waals surface area contributed by atoms with E-state index in [-0.39, 0.29) is 4.75 Å². The van der Waals surface area contributed by atoms with Crippen molar-refractivity contribution in [3.63, 3.8) is 0 Å². The van der Waals surface area contributed by atoms with Gasteiger partial charge in [-0.1, -0.05) is 18.6 Å². The summed E-state index contributed by atoms with van der Waals surface area (Å²) in [4.78, 5) is 0. The van der Waals surface area contributed by atoms with Crippen LogP contribution in [0.3, 0.4) is 0 Å². The van der Waals surface area contributed by atoms with E-state index in [0.717, 1.165) is 12.2 Å². The average molecular weight is 158 g/mol. The second-order valence-corrected chi connectivity index (χ2v) is 5.15. The van der Waals surface area contributed by atoms with Crippen LogP contribution in [0.2, 0.25) is 0 Å². The first-order chi connectivity index (χ1) is 4.59. The van der Waals surface area contributed by atoms with Crippen molar-refractivity contribution < 1.29 is 4.21 Å². The van der Waals surface area contributed by atoms with Crippen LogP contribution < -0.4 is 0 Å². The lowest BCUT2D eigenvalue weighted by Crippen LogP contribution is -2.24. The first kappa shape index (κ1) is 7.99. The van der Waals surface area contributed by atoms with E-state index < -0.39 is 10.8 Å². The second-order valence-electron chi connectivity index (χ2n) is 3.11. The fraction of sp³-hybridized carbons (Fsp3) is 0.750. The summed E-state index contributed by atoms with van der Waals surface area (Å²) in [6.45, 7) is 6.24. The predicted molar refractivity (Wildman–Crippen MR) is 45.5 cm³/mol. The van der Waals surface area contributed by atoms with E-state index >= 15 is 0 Å². The molecule has 0 aromatic heterocycles. The van der Waals surface area contributed by atoms with E-state index in [1.807, 2.05) is 0 Å². The van der Waals surface area contributed by atoms with Gasteiger partial charge in [0.25, 0.3) is 0 Å². The number of hydrogen-bond donors (Lipinski definition) is 0. The number of hydrogen-bond acceptors (Lipinski definition) is 1. The summed E-state index contributed by atoms with van der Waals surface area (Å²) >= 11 is 0. The van der Waals surface area contributed by atoms with Crippen LogP contribution in [0.15, 0.2) is 11.6 Å². The Balaban J connectivity index is 2.87. The molecule has 0 radical (unpaired) electrons. The van der Waals surface area contributed by atoms with E-state index in [1.165, 1.54) is 5.57 Å². The Bertz CT molecular complexity index is 191. The van der Waals surface area contributed by atoms with Gasteiger partial charge in [0.2, 0.25) is 0 Å². The molecule has 0 fully saturated rings. The zero-order chi connectivity index (χ0) is 7.78. The van der Waals surface area contributed by atoms with Crippen molar-refractivity contribution in [3.8, 4) is 0 Å². The normalized spacial score (nSPS) is 30.3. The highest BCUT2D eigenvalue weighted by Crippen LogP contribution is 2.31. The molecular formula is C8H14OS. The molecule has 0 aromatic rings. The summed E-state index contributed by atoms with van der Waals surface area (Å²) in [7, 11) is -0.656. The van der Waals surface area contributed by atoms with Gasteiger partial charge >= 0.3 is 0 Å². The molecule has 1 aliphatic rings. The molecule has 1 nitrogen and oxygen atoms in total. The summed E-state index contributed by atoms with van der Waals surface area (Å²) < 4.78 is 11.3. The van der Waals surface area contributed by atoms with E-state index in [1.54, 1.807) is 0 Å². The van der Waals surface area contributed by atoms with Crippen LogP contribution in [-0.2, 0) is 10.8 Å². The number of rotatable bonds is 1. The quantitative estimate of drug-likeness (QED) is 0.532. The van der Waals surface area contributed by atoms with Gasteiger partial charge in [-0.3, -0.25) is 4.21 Å². The summed E-state index contributed by atoms with van der Waals surface area (Å²) in [6, 6.07) is 0. The first-order valence-corrected chi connectivity index (χ1v) is 4.99. The maximum absolute atomic E-state index is 11.3. The van der Waals surface area contributed by atoms with E-state index in [4.69, 9.17) is 0 Å². The molecule has 0 spiro atoms. The van der Waals surface area contributed by atoms with Crippen LogP contribution in [0.4, 0.5) is 0 Å². The molecule has 1 atom stereocenters. The van der Waals surface area contributed by atoms with Crippen LogP contribution in [0.1, 0.15) is 27.2 Å². The van der Waals surface area contributed by atoms with Gasteiger partial charge in [0, 0.05) is 16.6 Å². The van der Waals surface area contributed by atoms with Crippen molar-refractivity contribution in [1.29, 1.82) is 0 Å². The Labute approximate surface area is 65.0 Å². The molecule has 10 heavy (non-hydrogen) atoms. The van der Waals surface area contributed by atoms with Crippen LogP contribution in [-0.4, -0.2) is 14.7 Å². The second kappa shape index (κ2) is 2.50. The molecule has 0 aliphatic carbocycles. The van der Waals surface area contributed by atoms with Gasteiger partial charge in [0.1, 0.15) is 0 Å². The average Bonchev–Trinajstić information content (AvgIpc) is 2.10. The van der Waals surface area contributed by atoms with E-state index in [2.05, 4.69) is 26.8 Å². The third kappa shape index (κ3) is 1.05. The van der Waals surface area contributed by atoms with Gasteiger partial charge in [-0.25, -0.2) is 0 Å². The molecule has 0 aromatic carbocycles. The fourth-order valence-electron chi connectivity index (χ4n) is 1.35. The highest BCUT2D eigenvalue weighted by molar-refractivity contribution is 7.87. The zero-order valence-corrected chi connectivity index (χ0v) is 7.62. The third-order valence-corrected chi connectivity index (χ3v) is 4.07. The molecular weight excluding hydrogens is 144 g/mol. The van der Waals surface area contributed by atoms with Gasteiger partial charge in [-0.2, -0.15) is 0 Å². The summed E-state index contributed by atoms with van der Waals surface area (Å²) in [6.07, 6.45) is 3.16. The molecule has 2 heteroatoms. The predicted octanol–water partition coefficient (Wildman–Crippen LogP) is 1.86. The Kier molecular flexibility index (Phi) is 1.99. The maximum Gasteiger partial charge on any atom is 0.0614 e. The molecule has 0 N–H and O–H groups in total. The van der Waals surface area contributed by atoms with Crippen molar-refractivity contribution in [2.75, 3.05) is 5.75 Å². The Hall–Kier alpha value is -0.110. The van der Waals surface area contributed by atoms with Crippen molar-refractivity contribution in [1.82, 2.24) is 0 Å². The van der Waals surface area contributed by atoms with Crippen molar-refractivity contribution in [2.45, 2.75) is 31.9 Å². The zero-order valence-electron chi connectivity index (χ0n) is 6.81. The monoisotopic (exact) mass is 158 g/mol. The van der Waals surface area contributed by atoms with Crippen molar-refractivity contribution in [2.24, 2.45) is 0 Å². The summed E-state index contributed by atoms with van der Waals surface area (Å²) in [5.41, 5.74) is 1.35. The molecule has 0 amide bonds. The van der Waals surface area contributed by atoms with Gasteiger partial charge in [-0.15, -0.1) is 0 Å². The van der Waals surface area contributed by atoms with E-state index in [0.29, 0.717) is 0 Å². The molecule has 58 valence electrons. The van der Waals surface area contributed by atoms with Crippen LogP contribution in [0.5, 0.6) is 0 Å². The highest BCUT2D eigenvalue weighted by atomic mass is 32.2. The lowest BCUT2D eigenvalue weighted by molar-refractivity contribution is 0.660. The lowest BCUT2D eigenvalue weighted by atomic mass is 10.0. The lowest BCUT2D eigenvalue weighted by Gasteiger charge is -2.19. The summed E-state index contributed by atoms with van der Waals surface area (Å²) in [5, 5.41) is 0. The fourth-order valence-corrected chi connectivity index (χ4v) is 2.64. The third-order valence-electron chi connectivity index (χ3n) is 2.20. The first-order valence-electron chi connectivity index (χ1n) is 3.67. The minimum Gasteiger partial charge on any atom is -0.258 e. The van der Waals surface area contributed by atoms with Gasteiger partial charge in [0.05, 0.1) is 4.75 Å². The van der Waals surface area contributed by atoms with E-state index in [9.17, 15) is 4.21 Å². The smallest absolute Gasteiger partial charge is 0.0614 e. The van der Waals surface area contributed by atoms with Crippen LogP contribution in [0, 0.1) is 0 Å². The van der Waals surface area contributed by atoms with Crippen molar-refractivity contribution >= 4 is 10.8 Å². The molecule has 1 unspecified atom stereocenters. The largest absolute Gasteiger partial charge is 0.258 e. The Morgan fingerprint density at radius 2 is 2.30 bits per heavy atom. The SMILES string of the molecule is CCC1=CCS(=O)C1(C)C. The van der Waals surface area contributed by atoms with Crippen molar-refractivity contribution in [3.05, 3.63) is 11.6 Å². The molecule has 0 saturated heterocycles. The molecule has 0 saturated carbocycles. The minimum atomic E-state index is -0.656. The van der Waals surface area contributed by atoms with Gasteiger partial charge in [0.15, 0.2) is 0 Å². The minimum absolute atomic E-state index is 0.0469. The highest BCUT2D eigenvalue weighted by Gasteiger charge is 2.32. The Morgan fingerprint density at radius 3 is 2.50 bits per heavy atom. The molecule has 1 heterocycles.